The summed E-state index contributed by atoms with van der Waals surface area (Å²) in [6.45, 7) is 1.20. The third-order valence-electron chi connectivity index (χ3n) is 5.68. The van der Waals surface area contributed by atoms with Gasteiger partial charge in [0.15, 0.2) is 11.5 Å². The number of hydrogen-bond acceptors (Lipinski definition) is 6. The van der Waals surface area contributed by atoms with Gasteiger partial charge < -0.3 is 24.4 Å². The summed E-state index contributed by atoms with van der Waals surface area (Å²) >= 11 is 0. The van der Waals surface area contributed by atoms with E-state index in [9.17, 15) is 9.59 Å². The molecule has 0 aliphatic carbocycles. The first-order chi connectivity index (χ1) is 17.2. The number of carbonyl (C=O) groups is 2. The van der Waals surface area contributed by atoms with Crippen molar-refractivity contribution in [3.63, 3.8) is 0 Å². The number of ether oxygens (including phenoxy) is 3. The minimum absolute atomic E-state index is 0.0740. The van der Waals surface area contributed by atoms with E-state index in [1.165, 1.54) is 0 Å². The van der Waals surface area contributed by atoms with Gasteiger partial charge in [-0.2, -0.15) is 0 Å². The van der Waals surface area contributed by atoms with Crippen molar-refractivity contribution in [2.75, 3.05) is 26.8 Å². The average Bonchev–Trinajstić information content (AvgIpc) is 2.90. The number of amides is 2. The summed E-state index contributed by atoms with van der Waals surface area (Å²) < 4.78 is 17.3. The van der Waals surface area contributed by atoms with E-state index in [1.54, 1.807) is 36.4 Å². The van der Waals surface area contributed by atoms with Gasteiger partial charge in [0.1, 0.15) is 11.3 Å². The molecule has 0 saturated carbocycles. The molecule has 3 aromatic rings. The van der Waals surface area contributed by atoms with Gasteiger partial charge in [-0.15, -0.1) is 0 Å². The first kappa shape index (κ1) is 24.1. The maximum atomic E-state index is 13.5. The SMILES string of the molecule is COc1ccccc1CNC(=O)CN1CCCCCOc2ccccc2Oc2ncccc2C1=O. The van der Waals surface area contributed by atoms with Crippen LogP contribution in [0.1, 0.15) is 35.2 Å². The molecule has 0 unspecified atom stereocenters. The maximum Gasteiger partial charge on any atom is 0.259 e. The molecular formula is C27H29N3O5. The zero-order valence-corrected chi connectivity index (χ0v) is 19.7. The second-order valence-electron chi connectivity index (χ2n) is 8.13. The van der Waals surface area contributed by atoms with Gasteiger partial charge >= 0.3 is 0 Å². The van der Waals surface area contributed by atoms with Crippen LogP contribution in [0.15, 0.2) is 66.9 Å². The zero-order chi connectivity index (χ0) is 24.5. The Morgan fingerprint density at radius 3 is 2.69 bits per heavy atom. The van der Waals surface area contributed by atoms with Crippen LogP contribution < -0.4 is 19.5 Å². The highest BCUT2D eigenvalue weighted by atomic mass is 16.5. The lowest BCUT2D eigenvalue weighted by molar-refractivity contribution is -0.122. The summed E-state index contributed by atoms with van der Waals surface area (Å²) in [5.74, 6) is 1.40. The third kappa shape index (κ3) is 6.29. The number of aromatic nitrogens is 1. The van der Waals surface area contributed by atoms with Crippen molar-refractivity contribution in [3.05, 3.63) is 78.0 Å². The second kappa shape index (κ2) is 11.9. The van der Waals surface area contributed by atoms with Gasteiger partial charge in [0.2, 0.25) is 11.8 Å². The predicted molar refractivity (Wildman–Crippen MR) is 131 cm³/mol. The van der Waals surface area contributed by atoms with E-state index in [-0.39, 0.29) is 24.2 Å². The van der Waals surface area contributed by atoms with Crippen LogP contribution in [-0.2, 0) is 11.3 Å². The molecule has 0 bridgehead atoms. The summed E-state index contributed by atoms with van der Waals surface area (Å²) in [6.07, 6.45) is 3.99. The molecule has 0 radical (unpaired) electrons. The standard InChI is InChI=1S/C27H29N3O5/c1-33-22-12-4-3-10-20(22)18-29-25(31)19-30-16-7-2-8-17-34-23-13-5-6-14-24(23)35-26-21(27(30)32)11-9-15-28-26/h3-6,9-15H,2,7-8,16-19H2,1H3,(H,29,31). The highest BCUT2D eigenvalue weighted by molar-refractivity contribution is 5.98. The van der Waals surface area contributed by atoms with Crippen molar-refractivity contribution in [2.45, 2.75) is 25.8 Å². The van der Waals surface area contributed by atoms with Gasteiger partial charge in [0.25, 0.3) is 5.91 Å². The smallest absolute Gasteiger partial charge is 0.259 e. The third-order valence-corrected chi connectivity index (χ3v) is 5.68. The van der Waals surface area contributed by atoms with Gasteiger partial charge in [0, 0.05) is 24.8 Å². The lowest BCUT2D eigenvalue weighted by Gasteiger charge is -2.23. The number of nitrogens with one attached hydrogen (secondary N) is 1. The fraction of sp³-hybridized carbons (Fsp3) is 0.296. The Hall–Kier alpha value is -4.07. The van der Waals surface area contributed by atoms with Crippen molar-refractivity contribution >= 4 is 11.8 Å². The molecule has 35 heavy (non-hydrogen) atoms. The monoisotopic (exact) mass is 475 g/mol. The number of hydrogen-bond donors (Lipinski definition) is 1. The Kier molecular flexibility index (Phi) is 8.17. The quantitative estimate of drug-likeness (QED) is 0.595. The topological polar surface area (TPSA) is 90.0 Å². The van der Waals surface area contributed by atoms with E-state index < -0.39 is 0 Å². The van der Waals surface area contributed by atoms with Gasteiger partial charge in [0.05, 0.1) is 20.3 Å². The number of methoxy groups -OCH3 is 1. The van der Waals surface area contributed by atoms with Crippen LogP contribution in [0.3, 0.4) is 0 Å². The molecule has 2 aromatic carbocycles. The number of fused-ring (bicyclic) bond motifs is 2. The molecule has 1 aliphatic rings. The fourth-order valence-corrected chi connectivity index (χ4v) is 3.85. The number of para-hydroxylation sites is 3. The summed E-state index contributed by atoms with van der Waals surface area (Å²) in [6, 6.07) is 18.2. The molecule has 0 fully saturated rings. The lowest BCUT2D eigenvalue weighted by Crippen LogP contribution is -2.41. The normalized spacial score (nSPS) is 14.1. The number of carbonyl (C=O) groups excluding carboxylic acids is 2. The van der Waals surface area contributed by atoms with E-state index in [0.717, 1.165) is 24.8 Å². The molecule has 1 aromatic heterocycles. The van der Waals surface area contributed by atoms with Crippen molar-refractivity contribution in [3.8, 4) is 23.1 Å². The minimum Gasteiger partial charge on any atom is -0.496 e. The van der Waals surface area contributed by atoms with Gasteiger partial charge in [-0.1, -0.05) is 30.3 Å². The Morgan fingerprint density at radius 2 is 1.83 bits per heavy atom. The number of benzene rings is 2. The van der Waals surface area contributed by atoms with Crippen LogP contribution in [0.5, 0.6) is 23.1 Å². The van der Waals surface area contributed by atoms with Crippen molar-refractivity contribution in [2.24, 2.45) is 0 Å². The molecule has 0 atom stereocenters. The largest absolute Gasteiger partial charge is 0.496 e. The molecule has 1 N–H and O–H groups in total. The van der Waals surface area contributed by atoms with Gasteiger partial charge in [-0.3, -0.25) is 9.59 Å². The Balaban J connectivity index is 1.52. The first-order valence-corrected chi connectivity index (χ1v) is 11.7. The fourth-order valence-electron chi connectivity index (χ4n) is 3.85. The van der Waals surface area contributed by atoms with E-state index in [0.29, 0.717) is 42.5 Å². The van der Waals surface area contributed by atoms with Gasteiger partial charge in [-0.25, -0.2) is 4.98 Å². The molecule has 1 aliphatic heterocycles. The van der Waals surface area contributed by atoms with E-state index in [4.69, 9.17) is 14.2 Å². The summed E-state index contributed by atoms with van der Waals surface area (Å²) in [5, 5.41) is 2.90. The number of nitrogens with zero attached hydrogens (tertiary/aromatic N) is 2. The molecule has 8 nitrogen and oxygen atoms in total. The molecule has 8 heteroatoms. The molecule has 4 rings (SSSR count). The number of pyridine rings is 1. The highest BCUT2D eigenvalue weighted by Crippen LogP contribution is 2.32. The Bertz CT molecular complexity index is 1170. The van der Waals surface area contributed by atoms with Gasteiger partial charge in [-0.05, 0) is 49.6 Å². The van der Waals surface area contributed by atoms with Crippen molar-refractivity contribution in [1.29, 1.82) is 0 Å². The molecule has 0 saturated heterocycles. The first-order valence-electron chi connectivity index (χ1n) is 11.7. The molecular weight excluding hydrogens is 446 g/mol. The van der Waals surface area contributed by atoms with Crippen LogP contribution in [-0.4, -0.2) is 48.5 Å². The average molecular weight is 476 g/mol. The maximum absolute atomic E-state index is 13.5. The molecule has 0 spiro atoms. The van der Waals surface area contributed by atoms with Crippen molar-refractivity contribution < 1.29 is 23.8 Å². The van der Waals surface area contributed by atoms with E-state index in [2.05, 4.69) is 10.3 Å². The Labute approximate surface area is 204 Å². The molecule has 2 heterocycles. The highest BCUT2D eigenvalue weighted by Gasteiger charge is 2.24. The van der Waals surface area contributed by atoms with E-state index >= 15 is 0 Å². The number of rotatable bonds is 5. The summed E-state index contributed by atoms with van der Waals surface area (Å²) in [7, 11) is 1.59. The predicted octanol–water partition coefficient (Wildman–Crippen LogP) is 4.20. The Morgan fingerprint density at radius 1 is 1.03 bits per heavy atom. The van der Waals surface area contributed by atoms with E-state index in [1.807, 2.05) is 42.5 Å². The van der Waals surface area contributed by atoms with Crippen LogP contribution in [0.25, 0.3) is 0 Å². The lowest BCUT2D eigenvalue weighted by atomic mass is 10.2. The summed E-state index contributed by atoms with van der Waals surface area (Å²) in [4.78, 5) is 32.2. The molecule has 2 amide bonds. The summed E-state index contributed by atoms with van der Waals surface area (Å²) in [5.41, 5.74) is 1.15. The second-order valence-corrected chi connectivity index (χ2v) is 8.13. The van der Waals surface area contributed by atoms with Crippen LogP contribution in [0, 0.1) is 0 Å². The van der Waals surface area contributed by atoms with Crippen molar-refractivity contribution in [1.82, 2.24) is 15.2 Å². The minimum atomic E-state index is -0.307. The van der Waals surface area contributed by atoms with Crippen LogP contribution >= 0.6 is 0 Å². The van der Waals surface area contributed by atoms with Crippen LogP contribution in [0.4, 0.5) is 0 Å². The molecule has 182 valence electrons. The zero-order valence-electron chi connectivity index (χ0n) is 19.7. The van der Waals surface area contributed by atoms with Crippen LogP contribution in [0.2, 0.25) is 0 Å².